The lowest BCUT2D eigenvalue weighted by Crippen LogP contribution is -2.33. The van der Waals surface area contributed by atoms with Crippen molar-refractivity contribution in [1.29, 1.82) is 0 Å². The van der Waals surface area contributed by atoms with Gasteiger partial charge in [0.15, 0.2) is 0 Å². The first-order chi connectivity index (χ1) is 9.30. The second kappa shape index (κ2) is 7.05. The van der Waals surface area contributed by atoms with E-state index in [-0.39, 0.29) is 17.4 Å². The number of rotatable bonds is 6. The van der Waals surface area contributed by atoms with Crippen molar-refractivity contribution >= 4 is 23.2 Å². The standard InChI is InChI=1S/C15H23N3O2/c1-4-13(19)17-11-5-7-12(8-6-11)18-14(20)9-10-15(2,3)16/h5-8H,4,9-10,16H2,1-3H3,(H,17,19)(H,18,20). The van der Waals surface area contributed by atoms with Gasteiger partial charge in [0.25, 0.3) is 0 Å². The molecule has 20 heavy (non-hydrogen) atoms. The summed E-state index contributed by atoms with van der Waals surface area (Å²) in [6.45, 7) is 5.58. The number of carbonyl (C=O) groups is 2. The van der Waals surface area contributed by atoms with Crippen molar-refractivity contribution in [3.05, 3.63) is 24.3 Å². The highest BCUT2D eigenvalue weighted by Gasteiger charge is 2.13. The number of nitrogens with two attached hydrogens (primary N) is 1. The van der Waals surface area contributed by atoms with Crippen LogP contribution in [0.3, 0.4) is 0 Å². The van der Waals surface area contributed by atoms with Gasteiger partial charge in [-0.15, -0.1) is 0 Å². The Kier molecular flexibility index (Phi) is 5.70. The van der Waals surface area contributed by atoms with Crippen LogP contribution < -0.4 is 16.4 Å². The van der Waals surface area contributed by atoms with E-state index in [2.05, 4.69) is 10.6 Å². The van der Waals surface area contributed by atoms with Gasteiger partial charge in [0, 0.05) is 29.8 Å². The van der Waals surface area contributed by atoms with Crippen molar-refractivity contribution < 1.29 is 9.59 Å². The maximum atomic E-state index is 11.7. The van der Waals surface area contributed by atoms with Gasteiger partial charge >= 0.3 is 0 Å². The highest BCUT2D eigenvalue weighted by Crippen LogP contribution is 2.15. The molecule has 0 bridgehead atoms. The van der Waals surface area contributed by atoms with Crippen molar-refractivity contribution in [2.24, 2.45) is 5.73 Å². The first kappa shape index (κ1) is 16.2. The van der Waals surface area contributed by atoms with E-state index in [1.165, 1.54) is 0 Å². The van der Waals surface area contributed by atoms with Gasteiger partial charge in [0.2, 0.25) is 11.8 Å². The topological polar surface area (TPSA) is 84.2 Å². The van der Waals surface area contributed by atoms with E-state index in [4.69, 9.17) is 5.73 Å². The van der Waals surface area contributed by atoms with Gasteiger partial charge in [-0.3, -0.25) is 9.59 Å². The molecule has 0 atom stereocenters. The molecule has 0 radical (unpaired) electrons. The van der Waals surface area contributed by atoms with E-state index in [1.807, 2.05) is 13.8 Å². The highest BCUT2D eigenvalue weighted by molar-refractivity contribution is 5.92. The molecule has 0 unspecified atom stereocenters. The molecule has 0 aromatic heterocycles. The third kappa shape index (κ3) is 6.33. The molecule has 110 valence electrons. The van der Waals surface area contributed by atoms with Crippen LogP contribution in [0.5, 0.6) is 0 Å². The van der Waals surface area contributed by atoms with E-state index in [1.54, 1.807) is 31.2 Å². The second-order valence-electron chi connectivity index (χ2n) is 5.52. The molecule has 4 N–H and O–H groups in total. The van der Waals surface area contributed by atoms with Crippen molar-refractivity contribution in [1.82, 2.24) is 0 Å². The molecular formula is C15H23N3O2. The minimum absolute atomic E-state index is 0.0352. The zero-order chi connectivity index (χ0) is 15.2. The first-order valence-corrected chi connectivity index (χ1v) is 6.79. The lowest BCUT2D eigenvalue weighted by molar-refractivity contribution is -0.117. The van der Waals surface area contributed by atoms with E-state index in [0.29, 0.717) is 24.9 Å². The predicted octanol–water partition coefficient (Wildman–Crippen LogP) is 2.49. The summed E-state index contributed by atoms with van der Waals surface area (Å²) in [4.78, 5) is 23.0. The Morgan fingerprint density at radius 3 is 1.90 bits per heavy atom. The summed E-state index contributed by atoms with van der Waals surface area (Å²) in [6, 6.07) is 7.04. The zero-order valence-corrected chi connectivity index (χ0v) is 12.3. The zero-order valence-electron chi connectivity index (χ0n) is 12.3. The number of anilines is 2. The maximum Gasteiger partial charge on any atom is 0.224 e. The van der Waals surface area contributed by atoms with Gasteiger partial charge in [-0.25, -0.2) is 0 Å². The van der Waals surface area contributed by atoms with Crippen molar-refractivity contribution in [3.63, 3.8) is 0 Å². The van der Waals surface area contributed by atoms with Gasteiger partial charge in [-0.1, -0.05) is 6.92 Å². The predicted molar refractivity (Wildman–Crippen MR) is 81.5 cm³/mol. The molecule has 5 nitrogen and oxygen atoms in total. The largest absolute Gasteiger partial charge is 0.326 e. The van der Waals surface area contributed by atoms with Crippen LogP contribution >= 0.6 is 0 Å². The summed E-state index contributed by atoms with van der Waals surface area (Å²) in [5.41, 5.74) is 6.92. The molecule has 5 heteroatoms. The fourth-order valence-corrected chi connectivity index (χ4v) is 1.55. The minimum Gasteiger partial charge on any atom is -0.326 e. The van der Waals surface area contributed by atoms with Gasteiger partial charge in [0.1, 0.15) is 0 Å². The molecule has 0 aliphatic rings. The molecule has 1 aromatic carbocycles. The Balaban J connectivity index is 2.49. The highest BCUT2D eigenvalue weighted by atomic mass is 16.2. The molecule has 1 rings (SSSR count). The Hall–Kier alpha value is -1.88. The van der Waals surface area contributed by atoms with Gasteiger partial charge < -0.3 is 16.4 Å². The Morgan fingerprint density at radius 2 is 1.50 bits per heavy atom. The van der Waals surface area contributed by atoms with Gasteiger partial charge in [-0.05, 0) is 44.5 Å². The molecular weight excluding hydrogens is 254 g/mol. The van der Waals surface area contributed by atoms with Crippen LogP contribution in [-0.4, -0.2) is 17.4 Å². The Labute approximate surface area is 119 Å². The molecule has 0 aliphatic carbocycles. The number of hydrogen-bond donors (Lipinski definition) is 3. The SMILES string of the molecule is CCC(=O)Nc1ccc(NC(=O)CCC(C)(C)N)cc1. The van der Waals surface area contributed by atoms with E-state index < -0.39 is 0 Å². The molecule has 0 fully saturated rings. The monoisotopic (exact) mass is 277 g/mol. The minimum atomic E-state index is -0.342. The third-order valence-corrected chi connectivity index (χ3v) is 2.77. The number of nitrogens with one attached hydrogen (secondary N) is 2. The quantitative estimate of drug-likeness (QED) is 0.747. The summed E-state index contributed by atoms with van der Waals surface area (Å²) >= 11 is 0. The summed E-state index contributed by atoms with van der Waals surface area (Å²) in [5, 5.41) is 5.55. The van der Waals surface area contributed by atoms with E-state index in [9.17, 15) is 9.59 Å². The van der Waals surface area contributed by atoms with Crippen molar-refractivity contribution in [2.75, 3.05) is 10.6 Å². The summed E-state index contributed by atoms with van der Waals surface area (Å²) in [5.74, 6) is -0.0965. The van der Waals surface area contributed by atoms with E-state index in [0.717, 1.165) is 5.69 Å². The average molecular weight is 277 g/mol. The molecule has 0 heterocycles. The van der Waals surface area contributed by atoms with Gasteiger partial charge in [0.05, 0.1) is 0 Å². The molecule has 1 aromatic rings. The number of amides is 2. The Bertz CT molecular complexity index is 461. The Morgan fingerprint density at radius 1 is 1.05 bits per heavy atom. The summed E-state index contributed by atoms with van der Waals surface area (Å²) in [7, 11) is 0. The lowest BCUT2D eigenvalue weighted by atomic mass is 10.00. The molecule has 0 saturated carbocycles. The van der Waals surface area contributed by atoms with Crippen LogP contribution in [0.2, 0.25) is 0 Å². The van der Waals surface area contributed by atoms with Crippen molar-refractivity contribution in [3.8, 4) is 0 Å². The van der Waals surface area contributed by atoms with Crippen LogP contribution in [0.25, 0.3) is 0 Å². The number of benzene rings is 1. The van der Waals surface area contributed by atoms with Crippen LogP contribution in [-0.2, 0) is 9.59 Å². The third-order valence-electron chi connectivity index (χ3n) is 2.77. The summed E-state index contributed by atoms with van der Waals surface area (Å²) < 4.78 is 0. The molecule has 0 spiro atoms. The smallest absolute Gasteiger partial charge is 0.224 e. The fourth-order valence-electron chi connectivity index (χ4n) is 1.55. The molecule has 0 aliphatic heterocycles. The molecule has 0 saturated heterocycles. The average Bonchev–Trinajstić information content (AvgIpc) is 2.38. The van der Waals surface area contributed by atoms with Gasteiger partial charge in [-0.2, -0.15) is 0 Å². The molecule has 2 amide bonds. The first-order valence-electron chi connectivity index (χ1n) is 6.79. The van der Waals surface area contributed by atoms with Crippen LogP contribution in [0.4, 0.5) is 11.4 Å². The normalized spacial score (nSPS) is 11.0. The second-order valence-corrected chi connectivity index (χ2v) is 5.52. The number of carbonyl (C=O) groups excluding carboxylic acids is 2. The van der Waals surface area contributed by atoms with Crippen LogP contribution in [0.1, 0.15) is 40.0 Å². The number of hydrogen-bond acceptors (Lipinski definition) is 3. The summed E-state index contributed by atoms with van der Waals surface area (Å²) in [6.07, 6.45) is 1.45. The lowest BCUT2D eigenvalue weighted by Gasteiger charge is -2.17. The van der Waals surface area contributed by atoms with Crippen LogP contribution in [0, 0.1) is 0 Å². The van der Waals surface area contributed by atoms with E-state index >= 15 is 0 Å². The van der Waals surface area contributed by atoms with Crippen LogP contribution in [0.15, 0.2) is 24.3 Å². The fraction of sp³-hybridized carbons (Fsp3) is 0.467. The maximum absolute atomic E-state index is 11.7. The van der Waals surface area contributed by atoms with Crippen molar-refractivity contribution in [2.45, 2.75) is 45.6 Å².